The van der Waals surface area contributed by atoms with E-state index in [0.29, 0.717) is 0 Å². The number of nitrogens with one attached hydrogen (secondary N) is 1. The van der Waals surface area contributed by atoms with E-state index in [9.17, 15) is 0 Å². The van der Waals surface area contributed by atoms with Crippen LogP contribution in [0.5, 0.6) is 0 Å². The molecule has 1 N–H and O–H groups in total. The molecular weight excluding hydrogens is 318 g/mol. The molecule has 2 aliphatic heterocycles. The Hall–Kier alpha value is -1.27. The van der Waals surface area contributed by atoms with Crippen molar-refractivity contribution in [3.63, 3.8) is 0 Å². The van der Waals surface area contributed by atoms with Crippen molar-refractivity contribution in [2.45, 2.75) is 20.3 Å². The Bertz CT molecular complexity index is 507. The van der Waals surface area contributed by atoms with Gasteiger partial charge in [-0.2, -0.15) is 0 Å². The van der Waals surface area contributed by atoms with Crippen molar-refractivity contribution in [1.82, 2.24) is 15.1 Å². The molecule has 1 atom stereocenters. The lowest BCUT2D eigenvalue weighted by Crippen LogP contribution is -2.52. The van der Waals surface area contributed by atoms with Gasteiger partial charge in [0, 0.05) is 45.8 Å². The number of hydrogen-bond donors (Lipinski definition) is 1. The summed E-state index contributed by atoms with van der Waals surface area (Å²) in [6.07, 6.45) is 1.29. The van der Waals surface area contributed by atoms with Gasteiger partial charge in [0.2, 0.25) is 0 Å². The van der Waals surface area contributed by atoms with E-state index >= 15 is 0 Å². The Morgan fingerprint density at radius 2 is 2.08 bits per heavy atom. The summed E-state index contributed by atoms with van der Waals surface area (Å²) in [5.41, 5.74) is 0. The third kappa shape index (κ3) is 4.42. The van der Waals surface area contributed by atoms with Crippen molar-refractivity contribution >= 4 is 22.3 Å². The molecule has 0 spiro atoms. The van der Waals surface area contributed by atoms with E-state index in [2.05, 4.69) is 51.4 Å². The zero-order chi connectivity index (χ0) is 16.8. The highest BCUT2D eigenvalue weighted by Gasteiger charge is 2.23. The van der Waals surface area contributed by atoms with E-state index in [1.807, 2.05) is 11.3 Å². The quantitative estimate of drug-likeness (QED) is 0.653. The summed E-state index contributed by atoms with van der Waals surface area (Å²) in [5, 5.41) is 7.05. The average molecular weight is 350 g/mol. The van der Waals surface area contributed by atoms with E-state index in [1.165, 1.54) is 31.1 Å². The first-order valence-electron chi connectivity index (χ1n) is 9.34. The highest BCUT2D eigenvalue weighted by atomic mass is 32.1. The van der Waals surface area contributed by atoms with E-state index in [1.54, 1.807) is 0 Å². The van der Waals surface area contributed by atoms with E-state index < -0.39 is 0 Å². The van der Waals surface area contributed by atoms with Crippen LogP contribution in [0.2, 0.25) is 0 Å². The van der Waals surface area contributed by atoms with Gasteiger partial charge in [-0.25, -0.2) is 0 Å². The molecule has 0 radical (unpaired) electrons. The van der Waals surface area contributed by atoms with E-state index in [0.717, 1.165) is 51.1 Å². The molecule has 1 aromatic rings. The number of piperazine rings is 1. The lowest BCUT2D eigenvalue weighted by Gasteiger charge is -2.37. The second kappa shape index (κ2) is 8.72. The number of rotatable bonds is 5. The number of aliphatic imine (C=N–C) groups is 1. The molecule has 0 aliphatic carbocycles. The third-order valence-electron chi connectivity index (χ3n) is 5.05. The van der Waals surface area contributed by atoms with E-state index in [4.69, 9.17) is 4.99 Å². The Balaban J connectivity index is 1.53. The minimum Gasteiger partial charge on any atom is -0.360 e. The molecule has 24 heavy (non-hydrogen) atoms. The van der Waals surface area contributed by atoms with Crippen molar-refractivity contribution < 1.29 is 0 Å². The molecule has 2 fully saturated rings. The van der Waals surface area contributed by atoms with Crippen LogP contribution in [-0.4, -0.2) is 74.7 Å². The van der Waals surface area contributed by atoms with E-state index in [-0.39, 0.29) is 0 Å². The van der Waals surface area contributed by atoms with Gasteiger partial charge in [-0.15, -0.1) is 11.3 Å². The predicted octanol–water partition coefficient (Wildman–Crippen LogP) is 2.18. The van der Waals surface area contributed by atoms with Gasteiger partial charge in [-0.05, 0) is 49.9 Å². The standard InChI is InChI=1S/C18H31N5S/c1-3-19-18(20-14-16-7-8-21(4-2)15-16)23-11-9-22(10-12-23)17-6-5-13-24-17/h5-6,13,16H,3-4,7-12,14-15H2,1-2H3,(H,19,20). The molecule has 6 heteroatoms. The van der Waals surface area contributed by atoms with Gasteiger partial charge in [0.15, 0.2) is 5.96 Å². The summed E-state index contributed by atoms with van der Waals surface area (Å²) in [5.74, 6) is 1.84. The fourth-order valence-electron chi connectivity index (χ4n) is 3.58. The smallest absolute Gasteiger partial charge is 0.194 e. The van der Waals surface area contributed by atoms with Gasteiger partial charge >= 0.3 is 0 Å². The fraction of sp³-hybridized carbons (Fsp3) is 0.722. The predicted molar refractivity (Wildman–Crippen MR) is 104 cm³/mol. The number of hydrogen-bond acceptors (Lipinski definition) is 4. The second-order valence-corrected chi connectivity index (χ2v) is 7.59. The minimum absolute atomic E-state index is 0.728. The van der Waals surface area contributed by atoms with Crippen molar-refractivity contribution in [2.75, 3.05) is 63.8 Å². The van der Waals surface area contributed by atoms with Crippen molar-refractivity contribution in [2.24, 2.45) is 10.9 Å². The number of thiophene rings is 1. The molecular formula is C18H31N5S. The molecule has 2 saturated heterocycles. The van der Waals surface area contributed by atoms with Crippen LogP contribution >= 0.6 is 11.3 Å². The molecule has 5 nitrogen and oxygen atoms in total. The van der Waals surface area contributed by atoms with Crippen LogP contribution in [0.1, 0.15) is 20.3 Å². The SMILES string of the molecule is CCNC(=NCC1CCN(CC)C1)N1CCN(c2cccs2)CC1. The first-order valence-corrected chi connectivity index (χ1v) is 10.2. The van der Waals surface area contributed by atoms with Crippen LogP contribution in [0.4, 0.5) is 5.00 Å². The van der Waals surface area contributed by atoms with Crippen molar-refractivity contribution in [3.05, 3.63) is 17.5 Å². The van der Waals surface area contributed by atoms with Crippen molar-refractivity contribution in [1.29, 1.82) is 0 Å². The van der Waals surface area contributed by atoms with Gasteiger partial charge in [0.1, 0.15) is 0 Å². The summed E-state index contributed by atoms with van der Waals surface area (Å²) >= 11 is 1.84. The Morgan fingerprint density at radius 3 is 2.71 bits per heavy atom. The maximum absolute atomic E-state index is 4.96. The second-order valence-electron chi connectivity index (χ2n) is 6.67. The summed E-state index contributed by atoms with van der Waals surface area (Å²) in [7, 11) is 0. The number of nitrogens with zero attached hydrogens (tertiary/aromatic N) is 4. The number of anilines is 1. The molecule has 1 unspecified atom stereocenters. The van der Waals surface area contributed by atoms with Crippen LogP contribution in [-0.2, 0) is 0 Å². The Morgan fingerprint density at radius 1 is 1.25 bits per heavy atom. The van der Waals surface area contributed by atoms with Crippen LogP contribution in [0.15, 0.2) is 22.5 Å². The highest BCUT2D eigenvalue weighted by molar-refractivity contribution is 7.14. The molecule has 3 rings (SSSR count). The molecule has 0 aromatic carbocycles. The lowest BCUT2D eigenvalue weighted by atomic mass is 10.1. The molecule has 2 aliphatic rings. The van der Waals surface area contributed by atoms with Gasteiger partial charge in [0.25, 0.3) is 0 Å². The van der Waals surface area contributed by atoms with Crippen LogP contribution in [0, 0.1) is 5.92 Å². The zero-order valence-electron chi connectivity index (χ0n) is 15.1. The molecule has 0 saturated carbocycles. The van der Waals surface area contributed by atoms with Gasteiger partial charge in [0.05, 0.1) is 5.00 Å². The maximum Gasteiger partial charge on any atom is 0.194 e. The van der Waals surface area contributed by atoms with Gasteiger partial charge in [-0.3, -0.25) is 4.99 Å². The number of likely N-dealkylation sites (tertiary alicyclic amines) is 1. The van der Waals surface area contributed by atoms with Crippen LogP contribution in [0.25, 0.3) is 0 Å². The van der Waals surface area contributed by atoms with Crippen LogP contribution in [0.3, 0.4) is 0 Å². The average Bonchev–Trinajstić information content (AvgIpc) is 3.30. The third-order valence-corrected chi connectivity index (χ3v) is 5.98. The maximum atomic E-state index is 4.96. The lowest BCUT2D eigenvalue weighted by molar-refractivity contribution is 0.342. The largest absolute Gasteiger partial charge is 0.360 e. The topological polar surface area (TPSA) is 34.1 Å². The summed E-state index contributed by atoms with van der Waals surface area (Å²) < 4.78 is 0. The summed E-state index contributed by atoms with van der Waals surface area (Å²) in [6.45, 7) is 14.2. The Labute approximate surface area is 150 Å². The molecule has 1 aromatic heterocycles. The molecule has 0 bridgehead atoms. The molecule has 3 heterocycles. The molecule has 0 amide bonds. The number of guanidine groups is 1. The summed E-state index contributed by atoms with van der Waals surface area (Å²) in [4.78, 5) is 12.4. The first kappa shape index (κ1) is 17.5. The fourth-order valence-corrected chi connectivity index (χ4v) is 4.36. The van der Waals surface area contributed by atoms with Crippen LogP contribution < -0.4 is 10.2 Å². The first-order chi connectivity index (χ1) is 11.8. The normalized spacial score (nSPS) is 23.1. The van der Waals surface area contributed by atoms with Gasteiger partial charge < -0.3 is 20.0 Å². The minimum atomic E-state index is 0.728. The monoisotopic (exact) mass is 349 g/mol. The van der Waals surface area contributed by atoms with Gasteiger partial charge in [-0.1, -0.05) is 6.92 Å². The van der Waals surface area contributed by atoms with Crippen molar-refractivity contribution in [3.8, 4) is 0 Å². The molecule has 134 valence electrons. The Kier molecular flexibility index (Phi) is 6.37. The summed E-state index contributed by atoms with van der Waals surface area (Å²) in [6, 6.07) is 4.36. The zero-order valence-corrected chi connectivity index (χ0v) is 15.9. The highest BCUT2D eigenvalue weighted by Crippen LogP contribution is 2.22.